The lowest BCUT2D eigenvalue weighted by Crippen LogP contribution is -2.36. The molecule has 0 saturated carbocycles. The van der Waals surface area contributed by atoms with Gasteiger partial charge in [-0.15, -0.1) is 0 Å². The lowest BCUT2D eigenvalue weighted by molar-refractivity contribution is 0.0839. The third kappa shape index (κ3) is 4.11. The Kier molecular flexibility index (Phi) is 4.33. The van der Waals surface area contributed by atoms with Crippen molar-refractivity contribution < 1.29 is 5.11 Å². The standard InChI is InChI=1S/C16H25ClN2O/c1-15(2,3)18-10-12-5-6-13(17)9-14(12)19-8-7-16(4,20)11-19/h5-6,9,18,20H,7-8,10-11H2,1-4H3. The van der Waals surface area contributed by atoms with Gasteiger partial charge in [0.2, 0.25) is 0 Å². The molecule has 112 valence electrons. The summed E-state index contributed by atoms with van der Waals surface area (Å²) in [6, 6.07) is 6.00. The van der Waals surface area contributed by atoms with Gasteiger partial charge in [0.25, 0.3) is 0 Å². The van der Waals surface area contributed by atoms with Gasteiger partial charge in [-0.3, -0.25) is 0 Å². The van der Waals surface area contributed by atoms with E-state index in [0.717, 1.165) is 30.2 Å². The summed E-state index contributed by atoms with van der Waals surface area (Å²) in [6.45, 7) is 10.7. The molecule has 0 spiro atoms. The highest BCUT2D eigenvalue weighted by Crippen LogP contribution is 2.31. The number of nitrogens with zero attached hydrogens (tertiary/aromatic N) is 1. The highest BCUT2D eigenvalue weighted by atomic mass is 35.5. The second-order valence-electron chi connectivity index (χ2n) is 7.05. The Morgan fingerprint density at radius 2 is 2.10 bits per heavy atom. The maximum absolute atomic E-state index is 10.2. The molecule has 1 aliphatic rings. The Morgan fingerprint density at radius 3 is 2.65 bits per heavy atom. The maximum Gasteiger partial charge on any atom is 0.0810 e. The lowest BCUT2D eigenvalue weighted by Gasteiger charge is -2.26. The zero-order chi connectivity index (χ0) is 15.0. The van der Waals surface area contributed by atoms with E-state index in [1.54, 1.807) is 0 Å². The Balaban J connectivity index is 2.20. The zero-order valence-electron chi connectivity index (χ0n) is 12.8. The van der Waals surface area contributed by atoms with Gasteiger partial charge in [0.15, 0.2) is 0 Å². The van der Waals surface area contributed by atoms with Crippen molar-refractivity contribution in [2.45, 2.75) is 51.8 Å². The van der Waals surface area contributed by atoms with Crippen molar-refractivity contribution in [1.29, 1.82) is 0 Å². The van der Waals surface area contributed by atoms with Gasteiger partial charge in [0.05, 0.1) is 5.60 Å². The fourth-order valence-corrected chi connectivity index (χ4v) is 2.66. The summed E-state index contributed by atoms with van der Waals surface area (Å²) in [7, 11) is 0. The topological polar surface area (TPSA) is 35.5 Å². The first-order chi connectivity index (χ1) is 9.16. The minimum Gasteiger partial charge on any atom is -0.388 e. The third-order valence-electron chi connectivity index (χ3n) is 3.65. The van der Waals surface area contributed by atoms with Gasteiger partial charge in [-0.1, -0.05) is 17.7 Å². The molecule has 0 bridgehead atoms. The molecule has 0 aliphatic carbocycles. The lowest BCUT2D eigenvalue weighted by atomic mass is 10.1. The van der Waals surface area contributed by atoms with Crippen molar-refractivity contribution in [1.82, 2.24) is 5.32 Å². The van der Waals surface area contributed by atoms with Crippen molar-refractivity contribution in [3.05, 3.63) is 28.8 Å². The predicted molar refractivity (Wildman–Crippen MR) is 85.5 cm³/mol. The van der Waals surface area contributed by atoms with Crippen molar-refractivity contribution in [2.24, 2.45) is 0 Å². The highest BCUT2D eigenvalue weighted by Gasteiger charge is 2.32. The second kappa shape index (κ2) is 5.55. The molecule has 20 heavy (non-hydrogen) atoms. The SMILES string of the molecule is CC1(O)CCN(c2cc(Cl)ccc2CNC(C)(C)C)C1. The maximum atomic E-state index is 10.2. The normalized spacial score (nSPS) is 23.4. The smallest absolute Gasteiger partial charge is 0.0810 e. The zero-order valence-corrected chi connectivity index (χ0v) is 13.6. The first-order valence-corrected chi connectivity index (χ1v) is 7.55. The van der Waals surface area contributed by atoms with E-state index in [2.05, 4.69) is 37.1 Å². The van der Waals surface area contributed by atoms with E-state index in [1.165, 1.54) is 5.56 Å². The molecule has 4 heteroatoms. The van der Waals surface area contributed by atoms with E-state index < -0.39 is 5.60 Å². The monoisotopic (exact) mass is 296 g/mol. The summed E-state index contributed by atoms with van der Waals surface area (Å²) in [5.41, 5.74) is 1.83. The molecule has 1 fully saturated rings. The van der Waals surface area contributed by atoms with Crippen LogP contribution in [0.15, 0.2) is 18.2 Å². The quantitative estimate of drug-likeness (QED) is 0.899. The Bertz CT molecular complexity index is 480. The van der Waals surface area contributed by atoms with Crippen molar-refractivity contribution >= 4 is 17.3 Å². The molecule has 3 nitrogen and oxygen atoms in total. The van der Waals surface area contributed by atoms with Crippen LogP contribution in [-0.2, 0) is 6.54 Å². The average Bonchev–Trinajstić information content (AvgIpc) is 2.67. The summed E-state index contributed by atoms with van der Waals surface area (Å²) < 4.78 is 0. The van der Waals surface area contributed by atoms with Gasteiger partial charge in [0, 0.05) is 35.9 Å². The molecule has 1 heterocycles. The number of aliphatic hydroxyl groups is 1. The van der Waals surface area contributed by atoms with E-state index in [9.17, 15) is 5.11 Å². The molecule has 0 radical (unpaired) electrons. The van der Waals surface area contributed by atoms with Gasteiger partial charge in [-0.2, -0.15) is 0 Å². The first-order valence-electron chi connectivity index (χ1n) is 7.17. The van der Waals surface area contributed by atoms with Gasteiger partial charge < -0.3 is 15.3 Å². The van der Waals surface area contributed by atoms with Crippen LogP contribution in [0, 0.1) is 0 Å². The van der Waals surface area contributed by atoms with Crippen LogP contribution in [0.2, 0.25) is 5.02 Å². The number of β-amino-alcohol motifs (C(OH)–C–C–N with tert-alkyl or cyclic N) is 1. The largest absolute Gasteiger partial charge is 0.388 e. The summed E-state index contributed by atoms with van der Waals surface area (Å²) >= 11 is 6.15. The molecule has 0 amide bonds. The van der Waals surface area contributed by atoms with Crippen LogP contribution in [0.5, 0.6) is 0 Å². The number of benzene rings is 1. The third-order valence-corrected chi connectivity index (χ3v) is 3.88. The Labute approximate surface area is 126 Å². The molecule has 1 unspecified atom stereocenters. The minimum absolute atomic E-state index is 0.0768. The van der Waals surface area contributed by atoms with Crippen LogP contribution in [0.4, 0.5) is 5.69 Å². The van der Waals surface area contributed by atoms with E-state index in [-0.39, 0.29) is 5.54 Å². The fourth-order valence-electron chi connectivity index (χ4n) is 2.49. The molecule has 1 aliphatic heterocycles. The Hall–Kier alpha value is -0.770. The molecular weight excluding hydrogens is 272 g/mol. The molecule has 1 saturated heterocycles. The summed E-state index contributed by atoms with van der Waals surface area (Å²) in [5, 5.41) is 14.4. The van der Waals surface area contributed by atoms with E-state index in [1.807, 2.05) is 19.1 Å². The summed E-state index contributed by atoms with van der Waals surface area (Å²) in [4.78, 5) is 2.23. The number of nitrogens with one attached hydrogen (secondary N) is 1. The van der Waals surface area contributed by atoms with Gasteiger partial charge in [0.1, 0.15) is 0 Å². The van der Waals surface area contributed by atoms with Crippen LogP contribution in [0.3, 0.4) is 0 Å². The predicted octanol–water partition coefficient (Wildman–Crippen LogP) is 3.19. The number of anilines is 1. The molecule has 1 atom stereocenters. The first kappa shape index (κ1) is 15.6. The highest BCUT2D eigenvalue weighted by molar-refractivity contribution is 6.30. The molecule has 2 rings (SSSR count). The van der Waals surface area contributed by atoms with Crippen LogP contribution in [-0.4, -0.2) is 29.3 Å². The summed E-state index contributed by atoms with van der Waals surface area (Å²) in [6.07, 6.45) is 0.797. The van der Waals surface area contributed by atoms with Crippen LogP contribution < -0.4 is 10.2 Å². The van der Waals surface area contributed by atoms with Crippen molar-refractivity contribution in [2.75, 3.05) is 18.0 Å². The van der Waals surface area contributed by atoms with Crippen molar-refractivity contribution in [3.8, 4) is 0 Å². The van der Waals surface area contributed by atoms with Crippen molar-refractivity contribution in [3.63, 3.8) is 0 Å². The second-order valence-corrected chi connectivity index (χ2v) is 7.48. The van der Waals surface area contributed by atoms with E-state index in [4.69, 9.17) is 11.6 Å². The molecule has 0 aromatic heterocycles. The molecule has 1 aromatic rings. The summed E-state index contributed by atoms with van der Waals surface area (Å²) in [5.74, 6) is 0. The van der Waals surface area contributed by atoms with E-state index in [0.29, 0.717) is 6.54 Å². The average molecular weight is 297 g/mol. The fraction of sp³-hybridized carbons (Fsp3) is 0.625. The molecule has 1 aromatic carbocycles. The number of halogens is 1. The van der Waals surface area contributed by atoms with Gasteiger partial charge in [-0.05, 0) is 51.8 Å². The number of hydrogen-bond donors (Lipinski definition) is 2. The van der Waals surface area contributed by atoms with Crippen LogP contribution in [0.25, 0.3) is 0 Å². The van der Waals surface area contributed by atoms with Crippen LogP contribution >= 0.6 is 11.6 Å². The van der Waals surface area contributed by atoms with E-state index >= 15 is 0 Å². The number of hydrogen-bond acceptors (Lipinski definition) is 3. The molecule has 2 N–H and O–H groups in total. The minimum atomic E-state index is -0.600. The number of rotatable bonds is 3. The Morgan fingerprint density at radius 1 is 1.40 bits per heavy atom. The molecular formula is C16H25ClN2O. The van der Waals surface area contributed by atoms with Gasteiger partial charge in [-0.25, -0.2) is 0 Å². The van der Waals surface area contributed by atoms with Crippen LogP contribution in [0.1, 0.15) is 39.7 Å². The van der Waals surface area contributed by atoms with Gasteiger partial charge >= 0.3 is 0 Å².